The number of phosphoric ester groups is 1. The lowest BCUT2D eigenvalue weighted by Crippen LogP contribution is -2.03. The van der Waals surface area contributed by atoms with Crippen LogP contribution in [0, 0.1) is 0 Å². The first kappa shape index (κ1) is 26.1. The summed E-state index contributed by atoms with van der Waals surface area (Å²) in [5.41, 5.74) is 0. The van der Waals surface area contributed by atoms with Crippen molar-refractivity contribution in [3.05, 3.63) is 0 Å². The fourth-order valence-corrected chi connectivity index (χ4v) is 3.59. The van der Waals surface area contributed by atoms with Gasteiger partial charge in [-0.2, -0.15) is 0 Å². The SMILES string of the molecule is CCCCCCCCCCCCCCC1CCCO1.CCOP(=O)(O)O. The molecule has 0 bridgehead atoms. The van der Waals surface area contributed by atoms with E-state index >= 15 is 0 Å². The Hall–Kier alpha value is 0.0700. The van der Waals surface area contributed by atoms with Crippen molar-refractivity contribution in [2.75, 3.05) is 13.2 Å². The number of ether oxygens (including phenoxy) is 1. The maximum Gasteiger partial charge on any atom is 0.469 e. The molecular weight excluding hydrogens is 351 g/mol. The van der Waals surface area contributed by atoms with Gasteiger partial charge in [-0.05, 0) is 26.2 Å². The molecule has 0 aromatic carbocycles. The third kappa shape index (κ3) is 20.4. The van der Waals surface area contributed by atoms with E-state index in [1.54, 1.807) is 0 Å². The predicted molar refractivity (Wildman–Crippen MR) is 108 cm³/mol. The van der Waals surface area contributed by atoms with Crippen molar-refractivity contribution >= 4 is 7.82 Å². The predicted octanol–water partition coefficient (Wildman–Crippen LogP) is 6.37. The summed E-state index contributed by atoms with van der Waals surface area (Å²) in [6.07, 6.45) is 21.9. The highest BCUT2D eigenvalue weighted by molar-refractivity contribution is 7.46. The van der Waals surface area contributed by atoms with E-state index in [1.165, 1.54) is 103 Å². The molecule has 0 radical (unpaired) electrons. The molecule has 1 saturated heterocycles. The molecule has 2 N–H and O–H groups in total. The van der Waals surface area contributed by atoms with Crippen molar-refractivity contribution in [3.63, 3.8) is 0 Å². The fourth-order valence-electron chi connectivity index (χ4n) is 3.25. The van der Waals surface area contributed by atoms with Crippen molar-refractivity contribution in [2.45, 2.75) is 116 Å². The molecule has 26 heavy (non-hydrogen) atoms. The van der Waals surface area contributed by atoms with E-state index in [0.717, 1.165) is 6.61 Å². The number of unbranched alkanes of at least 4 members (excludes halogenated alkanes) is 11. The third-order valence-electron chi connectivity index (χ3n) is 4.70. The zero-order valence-electron chi connectivity index (χ0n) is 17.2. The quantitative estimate of drug-likeness (QED) is 0.249. The van der Waals surface area contributed by atoms with Crippen LogP contribution in [-0.2, 0) is 13.8 Å². The maximum absolute atomic E-state index is 9.70. The van der Waals surface area contributed by atoms with Crippen LogP contribution in [0.2, 0.25) is 0 Å². The van der Waals surface area contributed by atoms with Crippen LogP contribution in [0.1, 0.15) is 110 Å². The highest BCUT2D eigenvalue weighted by Gasteiger charge is 2.14. The van der Waals surface area contributed by atoms with Crippen LogP contribution in [0.15, 0.2) is 0 Å². The Balaban J connectivity index is 0.000000758. The van der Waals surface area contributed by atoms with Gasteiger partial charge in [0.05, 0.1) is 12.7 Å². The Morgan fingerprint density at radius 2 is 1.38 bits per heavy atom. The molecule has 5 nitrogen and oxygen atoms in total. The molecule has 6 heteroatoms. The zero-order chi connectivity index (χ0) is 19.5. The lowest BCUT2D eigenvalue weighted by molar-refractivity contribution is 0.102. The van der Waals surface area contributed by atoms with Crippen molar-refractivity contribution < 1.29 is 23.6 Å². The van der Waals surface area contributed by atoms with Gasteiger partial charge in [-0.1, -0.05) is 84.0 Å². The number of rotatable bonds is 15. The van der Waals surface area contributed by atoms with Gasteiger partial charge < -0.3 is 14.5 Å². The standard InChI is InChI=1S/C18H36O.C2H7O4P/c1-2-3-4-5-6-7-8-9-10-11-12-13-15-18-16-14-17-19-18;1-2-6-7(3,4)5/h18H,2-17H2,1H3;2H2,1H3,(H2,3,4,5). The molecule has 1 rings (SSSR count). The van der Waals surface area contributed by atoms with Crippen LogP contribution in [0.4, 0.5) is 0 Å². The van der Waals surface area contributed by atoms with E-state index in [4.69, 9.17) is 14.5 Å². The molecule has 0 aromatic heterocycles. The Bertz CT molecular complexity index is 326. The van der Waals surface area contributed by atoms with E-state index < -0.39 is 7.82 Å². The second-order valence-corrected chi connectivity index (χ2v) is 8.46. The lowest BCUT2D eigenvalue weighted by Gasteiger charge is -2.08. The van der Waals surface area contributed by atoms with E-state index in [1.807, 2.05) is 0 Å². The number of hydrogen-bond acceptors (Lipinski definition) is 3. The van der Waals surface area contributed by atoms with Crippen molar-refractivity contribution in [1.29, 1.82) is 0 Å². The second-order valence-electron chi connectivity index (χ2n) is 7.22. The summed E-state index contributed by atoms with van der Waals surface area (Å²) in [7, 11) is -4.17. The molecule has 158 valence electrons. The summed E-state index contributed by atoms with van der Waals surface area (Å²) >= 11 is 0. The Morgan fingerprint density at radius 3 is 1.73 bits per heavy atom. The van der Waals surface area contributed by atoms with Crippen LogP contribution >= 0.6 is 7.82 Å². The number of phosphoric acid groups is 1. The highest BCUT2D eigenvalue weighted by Crippen LogP contribution is 2.34. The summed E-state index contributed by atoms with van der Waals surface area (Å²) in [5.74, 6) is 0. The molecule has 0 amide bonds. The average Bonchev–Trinajstić information content (AvgIpc) is 3.09. The van der Waals surface area contributed by atoms with E-state index in [-0.39, 0.29) is 6.61 Å². The maximum atomic E-state index is 9.70. The first-order valence-electron chi connectivity index (χ1n) is 10.8. The van der Waals surface area contributed by atoms with Gasteiger partial charge in [-0.3, -0.25) is 4.52 Å². The largest absolute Gasteiger partial charge is 0.469 e. The molecule has 1 heterocycles. The Labute approximate surface area is 161 Å². The van der Waals surface area contributed by atoms with E-state index in [2.05, 4.69) is 11.4 Å². The van der Waals surface area contributed by atoms with Crippen LogP contribution in [0.5, 0.6) is 0 Å². The topological polar surface area (TPSA) is 76.0 Å². The van der Waals surface area contributed by atoms with Gasteiger partial charge >= 0.3 is 7.82 Å². The fraction of sp³-hybridized carbons (Fsp3) is 1.00. The molecule has 0 aliphatic carbocycles. The summed E-state index contributed by atoms with van der Waals surface area (Å²) in [4.78, 5) is 15.8. The monoisotopic (exact) mass is 394 g/mol. The molecule has 1 fully saturated rings. The van der Waals surface area contributed by atoms with Gasteiger partial charge in [-0.25, -0.2) is 4.57 Å². The molecule has 1 aliphatic heterocycles. The first-order valence-corrected chi connectivity index (χ1v) is 12.3. The van der Waals surface area contributed by atoms with E-state index in [9.17, 15) is 4.57 Å². The molecule has 0 saturated carbocycles. The van der Waals surface area contributed by atoms with Gasteiger partial charge in [0.1, 0.15) is 0 Å². The molecule has 1 unspecified atom stereocenters. The first-order chi connectivity index (χ1) is 12.5. The minimum atomic E-state index is -4.17. The molecule has 1 atom stereocenters. The molecule has 0 aromatic rings. The van der Waals surface area contributed by atoms with Gasteiger partial charge in [0, 0.05) is 6.61 Å². The minimum Gasteiger partial charge on any atom is -0.378 e. The highest BCUT2D eigenvalue weighted by atomic mass is 31.2. The Kier molecular flexibility index (Phi) is 18.5. The molecule has 1 aliphatic rings. The van der Waals surface area contributed by atoms with Crippen molar-refractivity contribution in [3.8, 4) is 0 Å². The van der Waals surface area contributed by atoms with Crippen molar-refractivity contribution in [2.24, 2.45) is 0 Å². The van der Waals surface area contributed by atoms with Gasteiger partial charge in [0.2, 0.25) is 0 Å². The average molecular weight is 395 g/mol. The summed E-state index contributed by atoms with van der Waals surface area (Å²) in [6, 6.07) is 0. The summed E-state index contributed by atoms with van der Waals surface area (Å²) in [6.45, 7) is 4.87. The normalized spacial score (nSPS) is 17.2. The minimum absolute atomic E-state index is 0.0459. The molecular formula is C20H43O5P. The van der Waals surface area contributed by atoms with Gasteiger partial charge in [-0.15, -0.1) is 0 Å². The Morgan fingerprint density at radius 1 is 0.885 bits per heavy atom. The second kappa shape index (κ2) is 18.4. The van der Waals surface area contributed by atoms with E-state index in [0.29, 0.717) is 6.10 Å². The zero-order valence-corrected chi connectivity index (χ0v) is 18.1. The van der Waals surface area contributed by atoms with Crippen molar-refractivity contribution in [1.82, 2.24) is 0 Å². The van der Waals surface area contributed by atoms with Crippen LogP contribution in [0.3, 0.4) is 0 Å². The van der Waals surface area contributed by atoms with Gasteiger partial charge in [0.15, 0.2) is 0 Å². The van der Waals surface area contributed by atoms with Gasteiger partial charge in [0.25, 0.3) is 0 Å². The lowest BCUT2D eigenvalue weighted by atomic mass is 10.0. The summed E-state index contributed by atoms with van der Waals surface area (Å²) in [5, 5.41) is 0. The smallest absolute Gasteiger partial charge is 0.378 e. The van der Waals surface area contributed by atoms with Crippen LogP contribution in [0.25, 0.3) is 0 Å². The molecule has 0 spiro atoms. The number of hydrogen-bond donors (Lipinski definition) is 2. The summed E-state index contributed by atoms with van der Waals surface area (Å²) < 4.78 is 19.3. The van der Waals surface area contributed by atoms with Crippen LogP contribution in [-0.4, -0.2) is 29.1 Å². The van der Waals surface area contributed by atoms with Crippen LogP contribution < -0.4 is 0 Å². The third-order valence-corrected chi connectivity index (χ3v) is 5.30.